The number of benzene rings is 1. The Morgan fingerprint density at radius 3 is 2.91 bits per heavy atom. The maximum absolute atomic E-state index is 13.8. The maximum atomic E-state index is 13.8. The minimum Gasteiger partial charge on any atom is -0.490 e. The van der Waals surface area contributed by atoms with Gasteiger partial charge in [0.05, 0.1) is 6.61 Å². The fraction of sp³-hybridized carbons (Fsp3) is 0.471. The zero-order valence-electron chi connectivity index (χ0n) is 12.4. The number of carbonyl (C=O) groups excluding carboxylic acids is 1. The number of hydrogen-bond donors (Lipinski definition) is 0. The van der Waals surface area contributed by atoms with Crippen molar-refractivity contribution in [1.82, 2.24) is 0 Å². The Labute approximate surface area is 128 Å². The molecule has 0 radical (unpaired) electrons. The number of halogens is 2. The van der Waals surface area contributed by atoms with Gasteiger partial charge in [0.15, 0.2) is 11.6 Å². The van der Waals surface area contributed by atoms with E-state index in [0.717, 1.165) is 25.0 Å². The molecule has 0 aliphatic carbocycles. The van der Waals surface area contributed by atoms with Crippen LogP contribution in [0.4, 0.5) is 8.78 Å². The lowest BCUT2D eigenvalue weighted by Crippen LogP contribution is -2.09. The standard InChI is InChI=1S/C17H19F2NO2/c1-2-20-16(21)9-6-12-4-3-5-13-14(18)7-8-15(19)17(13)22-11-10-12/h7-8,12H,1,3-6,9-11H2. The van der Waals surface area contributed by atoms with Crippen molar-refractivity contribution in [2.24, 2.45) is 10.9 Å². The third-order valence-corrected chi connectivity index (χ3v) is 3.94. The lowest BCUT2D eigenvalue weighted by atomic mass is 9.93. The Morgan fingerprint density at radius 1 is 1.36 bits per heavy atom. The van der Waals surface area contributed by atoms with Crippen LogP contribution in [0.3, 0.4) is 0 Å². The van der Waals surface area contributed by atoms with Crippen molar-refractivity contribution < 1.29 is 18.3 Å². The van der Waals surface area contributed by atoms with Gasteiger partial charge < -0.3 is 4.74 Å². The third-order valence-electron chi connectivity index (χ3n) is 3.94. The number of aliphatic imine (C=N–C) groups is 1. The molecule has 0 spiro atoms. The van der Waals surface area contributed by atoms with Crippen molar-refractivity contribution in [1.29, 1.82) is 0 Å². The molecule has 0 saturated heterocycles. The topological polar surface area (TPSA) is 38.7 Å². The molecule has 118 valence electrons. The zero-order chi connectivity index (χ0) is 15.9. The van der Waals surface area contributed by atoms with Crippen molar-refractivity contribution in [3.05, 3.63) is 35.9 Å². The van der Waals surface area contributed by atoms with Crippen LogP contribution < -0.4 is 4.74 Å². The first-order chi connectivity index (χ1) is 10.6. The highest BCUT2D eigenvalue weighted by Crippen LogP contribution is 2.31. The summed E-state index contributed by atoms with van der Waals surface area (Å²) in [4.78, 5) is 14.9. The van der Waals surface area contributed by atoms with Crippen LogP contribution in [-0.2, 0) is 11.2 Å². The molecule has 1 aromatic carbocycles. The molecule has 3 nitrogen and oxygen atoms in total. The van der Waals surface area contributed by atoms with Gasteiger partial charge in [-0.3, -0.25) is 4.79 Å². The maximum Gasteiger partial charge on any atom is 0.253 e. The number of rotatable bonds is 3. The molecule has 1 aromatic rings. The summed E-state index contributed by atoms with van der Waals surface area (Å²) in [5, 5.41) is 0. The second-order valence-corrected chi connectivity index (χ2v) is 5.43. The second-order valence-electron chi connectivity index (χ2n) is 5.43. The van der Waals surface area contributed by atoms with Crippen LogP contribution in [0, 0.1) is 17.6 Å². The van der Waals surface area contributed by atoms with Crippen molar-refractivity contribution in [2.75, 3.05) is 6.61 Å². The molecule has 0 aromatic heterocycles. The average molecular weight is 307 g/mol. The van der Waals surface area contributed by atoms with E-state index >= 15 is 0 Å². The Morgan fingerprint density at radius 2 is 2.14 bits per heavy atom. The second kappa shape index (κ2) is 7.85. The van der Waals surface area contributed by atoms with E-state index in [4.69, 9.17) is 4.74 Å². The van der Waals surface area contributed by atoms with Gasteiger partial charge in [0.25, 0.3) is 5.91 Å². The molecule has 0 fully saturated rings. The fourth-order valence-electron chi connectivity index (χ4n) is 2.76. The lowest BCUT2D eigenvalue weighted by Gasteiger charge is -2.14. The van der Waals surface area contributed by atoms with Gasteiger partial charge in [-0.15, -0.1) is 0 Å². The van der Waals surface area contributed by atoms with Crippen LogP contribution in [-0.4, -0.2) is 18.4 Å². The quantitative estimate of drug-likeness (QED) is 0.796. The smallest absolute Gasteiger partial charge is 0.253 e. The number of fused-ring (bicyclic) bond motifs is 1. The van der Waals surface area contributed by atoms with Crippen molar-refractivity contribution >= 4 is 11.8 Å². The van der Waals surface area contributed by atoms with Crippen LogP contribution in [0.15, 0.2) is 23.7 Å². The van der Waals surface area contributed by atoms with Gasteiger partial charge in [-0.05, 0) is 62.6 Å². The fourth-order valence-corrected chi connectivity index (χ4v) is 2.76. The molecule has 1 heterocycles. The summed E-state index contributed by atoms with van der Waals surface area (Å²) < 4.78 is 33.0. The third kappa shape index (κ3) is 4.25. The largest absolute Gasteiger partial charge is 0.490 e. The van der Waals surface area contributed by atoms with Crippen molar-refractivity contribution in [3.63, 3.8) is 0 Å². The van der Waals surface area contributed by atoms with Gasteiger partial charge in [0.2, 0.25) is 0 Å². The summed E-state index contributed by atoms with van der Waals surface area (Å²) >= 11 is 0. The predicted octanol–water partition coefficient (Wildman–Crippen LogP) is 3.85. The molecule has 1 atom stereocenters. The predicted molar refractivity (Wildman–Crippen MR) is 80.2 cm³/mol. The first-order valence-electron chi connectivity index (χ1n) is 7.47. The first-order valence-corrected chi connectivity index (χ1v) is 7.47. The van der Waals surface area contributed by atoms with Crippen LogP contribution >= 0.6 is 0 Å². The summed E-state index contributed by atoms with van der Waals surface area (Å²) in [6.45, 7) is 3.59. The molecule has 22 heavy (non-hydrogen) atoms. The highest BCUT2D eigenvalue weighted by atomic mass is 19.1. The van der Waals surface area contributed by atoms with E-state index in [1.54, 1.807) is 0 Å². The van der Waals surface area contributed by atoms with Gasteiger partial charge in [-0.2, -0.15) is 4.99 Å². The van der Waals surface area contributed by atoms with E-state index in [-0.39, 0.29) is 17.6 Å². The molecule has 1 amide bonds. The minimum atomic E-state index is -0.523. The molecule has 1 aliphatic heterocycles. The number of hydrogen-bond acceptors (Lipinski definition) is 2. The first kappa shape index (κ1) is 16.4. The lowest BCUT2D eigenvalue weighted by molar-refractivity contribution is -0.118. The Hall–Kier alpha value is -2.00. The molecule has 1 unspecified atom stereocenters. The number of nitrogens with zero attached hydrogens (tertiary/aromatic N) is 1. The molecule has 5 heteroatoms. The minimum absolute atomic E-state index is 0.0352. The van der Waals surface area contributed by atoms with Gasteiger partial charge in [0, 0.05) is 12.0 Å². The molecule has 0 bridgehead atoms. The van der Waals surface area contributed by atoms with Crippen molar-refractivity contribution in [3.8, 4) is 5.75 Å². The normalized spacial score (nSPS) is 18.0. The van der Waals surface area contributed by atoms with Crippen molar-refractivity contribution in [2.45, 2.75) is 38.5 Å². The summed E-state index contributed by atoms with van der Waals surface area (Å²) in [7, 11) is 0. The zero-order valence-corrected chi connectivity index (χ0v) is 12.4. The average Bonchev–Trinajstić information content (AvgIpc) is 2.60. The molecule has 0 N–H and O–H groups in total. The number of ether oxygens (including phenoxy) is 1. The molecular weight excluding hydrogens is 288 g/mol. The number of carbonyl (C=O) groups is 1. The monoisotopic (exact) mass is 307 g/mol. The van der Waals surface area contributed by atoms with Gasteiger partial charge >= 0.3 is 0 Å². The Balaban J connectivity index is 1.99. The van der Waals surface area contributed by atoms with Crippen LogP contribution in [0.5, 0.6) is 5.75 Å². The van der Waals surface area contributed by atoms with E-state index in [1.807, 2.05) is 0 Å². The highest BCUT2D eigenvalue weighted by molar-refractivity contribution is 5.82. The SMILES string of the molecule is C=C=NC(=O)CCC1CCCc2c(F)ccc(F)c2OCC1. The highest BCUT2D eigenvalue weighted by Gasteiger charge is 2.19. The van der Waals surface area contributed by atoms with E-state index in [9.17, 15) is 13.6 Å². The van der Waals surface area contributed by atoms with E-state index in [2.05, 4.69) is 17.4 Å². The van der Waals surface area contributed by atoms with Crippen LogP contribution in [0.25, 0.3) is 0 Å². The molecule has 1 aliphatic rings. The van der Waals surface area contributed by atoms with E-state index < -0.39 is 11.6 Å². The Bertz CT molecular complexity index is 560. The van der Waals surface area contributed by atoms with Crippen LogP contribution in [0.1, 0.15) is 37.7 Å². The Kier molecular flexibility index (Phi) is 5.84. The van der Waals surface area contributed by atoms with Gasteiger partial charge in [0.1, 0.15) is 5.82 Å². The van der Waals surface area contributed by atoms with Crippen LogP contribution in [0.2, 0.25) is 0 Å². The summed E-state index contributed by atoms with van der Waals surface area (Å²) in [6, 6.07) is 2.23. The van der Waals surface area contributed by atoms with Gasteiger partial charge in [-0.25, -0.2) is 8.78 Å². The summed E-state index contributed by atoms with van der Waals surface area (Å²) in [5.74, 6) is 1.36. The molecule has 0 saturated carbocycles. The molecular formula is C17H19F2NO2. The summed E-state index contributed by atoms with van der Waals surface area (Å²) in [6.07, 6.45) is 3.76. The van der Waals surface area contributed by atoms with E-state index in [0.29, 0.717) is 37.9 Å². The summed E-state index contributed by atoms with van der Waals surface area (Å²) in [5.41, 5.74) is 0.313. The number of amides is 1. The van der Waals surface area contributed by atoms with Gasteiger partial charge in [-0.1, -0.05) is 0 Å². The van der Waals surface area contributed by atoms with E-state index in [1.165, 1.54) is 0 Å². The molecule has 2 rings (SSSR count).